The minimum Gasteiger partial charge on any atom is -0.340 e. The van der Waals surface area contributed by atoms with E-state index in [0.717, 1.165) is 26.2 Å². The number of piperazine rings is 1. The molecule has 86 valence electrons. The van der Waals surface area contributed by atoms with Crippen molar-refractivity contribution < 1.29 is 4.79 Å². The monoisotopic (exact) mass is 211 g/mol. The fourth-order valence-corrected chi connectivity index (χ4v) is 2.51. The molecule has 2 rings (SSSR count). The summed E-state index contributed by atoms with van der Waals surface area (Å²) in [6.45, 7) is 7.92. The normalized spacial score (nSPS) is 28.3. The highest BCUT2D eigenvalue weighted by Gasteiger charge is 2.23. The molecule has 2 aliphatic heterocycles. The zero-order valence-electron chi connectivity index (χ0n) is 9.54. The molecule has 0 aromatic carbocycles. The summed E-state index contributed by atoms with van der Waals surface area (Å²) in [5.74, 6) is 0.211. The smallest absolute Gasteiger partial charge is 0.219 e. The number of likely N-dealkylation sites (tertiary alicyclic amines) is 1. The molecule has 15 heavy (non-hydrogen) atoms. The Morgan fingerprint density at radius 2 is 2.07 bits per heavy atom. The van der Waals surface area contributed by atoms with Crippen molar-refractivity contribution in [1.29, 1.82) is 0 Å². The molecule has 1 atom stereocenters. The molecule has 1 unspecified atom stereocenters. The van der Waals surface area contributed by atoms with Crippen molar-refractivity contribution in [2.45, 2.75) is 25.8 Å². The fraction of sp³-hybridized carbons (Fsp3) is 0.909. The van der Waals surface area contributed by atoms with Crippen molar-refractivity contribution in [3.63, 3.8) is 0 Å². The van der Waals surface area contributed by atoms with E-state index in [1.807, 2.05) is 4.90 Å². The lowest BCUT2D eigenvalue weighted by Gasteiger charge is -2.35. The van der Waals surface area contributed by atoms with Crippen LogP contribution >= 0.6 is 0 Å². The molecule has 0 aromatic heterocycles. The van der Waals surface area contributed by atoms with Gasteiger partial charge in [0.2, 0.25) is 5.91 Å². The Balaban J connectivity index is 1.79. The Bertz CT molecular complexity index is 226. The molecule has 2 saturated heterocycles. The Labute approximate surface area is 91.6 Å². The van der Waals surface area contributed by atoms with Crippen molar-refractivity contribution in [3.8, 4) is 0 Å². The summed E-state index contributed by atoms with van der Waals surface area (Å²) in [6, 6.07) is 0.473. The number of hydrogen-bond acceptors (Lipinski definition) is 3. The van der Waals surface area contributed by atoms with E-state index in [0.29, 0.717) is 6.04 Å². The van der Waals surface area contributed by atoms with Gasteiger partial charge < -0.3 is 15.1 Å². The Hall–Kier alpha value is -0.610. The van der Waals surface area contributed by atoms with Gasteiger partial charge in [-0.1, -0.05) is 0 Å². The number of hydrogen-bond donors (Lipinski definition) is 1. The van der Waals surface area contributed by atoms with Crippen LogP contribution in [0.25, 0.3) is 0 Å². The third-order valence-electron chi connectivity index (χ3n) is 3.38. The van der Waals surface area contributed by atoms with E-state index in [-0.39, 0.29) is 5.91 Å². The molecule has 0 radical (unpaired) electrons. The van der Waals surface area contributed by atoms with Gasteiger partial charge in [-0.25, -0.2) is 0 Å². The van der Waals surface area contributed by atoms with E-state index in [2.05, 4.69) is 10.2 Å². The highest BCUT2D eigenvalue weighted by atomic mass is 16.2. The van der Waals surface area contributed by atoms with Gasteiger partial charge in [0, 0.05) is 39.1 Å². The molecule has 1 amide bonds. The first-order valence-corrected chi connectivity index (χ1v) is 5.97. The first-order valence-electron chi connectivity index (χ1n) is 5.97. The second-order valence-electron chi connectivity index (χ2n) is 4.62. The van der Waals surface area contributed by atoms with E-state index in [1.54, 1.807) is 6.92 Å². The van der Waals surface area contributed by atoms with Crippen LogP contribution in [-0.4, -0.2) is 61.0 Å². The van der Waals surface area contributed by atoms with E-state index in [1.165, 1.54) is 25.9 Å². The largest absolute Gasteiger partial charge is 0.340 e. The van der Waals surface area contributed by atoms with Crippen LogP contribution in [-0.2, 0) is 4.79 Å². The number of carbonyl (C=O) groups is 1. The van der Waals surface area contributed by atoms with Gasteiger partial charge in [-0.2, -0.15) is 0 Å². The van der Waals surface area contributed by atoms with Gasteiger partial charge in [-0.05, 0) is 25.9 Å². The number of carbonyl (C=O) groups excluding carboxylic acids is 1. The van der Waals surface area contributed by atoms with Gasteiger partial charge in [-0.3, -0.25) is 4.79 Å². The van der Waals surface area contributed by atoms with E-state index in [4.69, 9.17) is 0 Å². The zero-order chi connectivity index (χ0) is 10.7. The molecule has 0 bridgehead atoms. The molecule has 4 heteroatoms. The molecular weight excluding hydrogens is 190 g/mol. The molecule has 2 heterocycles. The number of nitrogens with one attached hydrogen (secondary N) is 1. The summed E-state index contributed by atoms with van der Waals surface area (Å²) in [5, 5.41) is 3.50. The van der Waals surface area contributed by atoms with Gasteiger partial charge in [-0.15, -0.1) is 0 Å². The van der Waals surface area contributed by atoms with Crippen LogP contribution in [0.2, 0.25) is 0 Å². The molecule has 2 aliphatic rings. The van der Waals surface area contributed by atoms with Gasteiger partial charge >= 0.3 is 0 Å². The zero-order valence-corrected chi connectivity index (χ0v) is 9.54. The summed E-state index contributed by atoms with van der Waals surface area (Å²) in [7, 11) is 0. The maximum atomic E-state index is 11.3. The predicted molar refractivity (Wildman–Crippen MR) is 59.7 cm³/mol. The lowest BCUT2D eigenvalue weighted by atomic mass is 10.2. The number of nitrogens with zero attached hydrogens (tertiary/aromatic N) is 2. The Morgan fingerprint density at radius 3 is 2.73 bits per heavy atom. The highest BCUT2D eigenvalue weighted by Crippen LogP contribution is 2.09. The topological polar surface area (TPSA) is 35.6 Å². The van der Waals surface area contributed by atoms with E-state index < -0.39 is 0 Å². The first kappa shape index (κ1) is 10.9. The summed E-state index contributed by atoms with van der Waals surface area (Å²) in [4.78, 5) is 15.7. The van der Waals surface area contributed by atoms with Crippen LogP contribution in [0.5, 0.6) is 0 Å². The van der Waals surface area contributed by atoms with Gasteiger partial charge in [0.1, 0.15) is 0 Å². The first-order chi connectivity index (χ1) is 7.25. The van der Waals surface area contributed by atoms with E-state index >= 15 is 0 Å². The second-order valence-corrected chi connectivity index (χ2v) is 4.62. The Morgan fingerprint density at radius 1 is 1.33 bits per heavy atom. The van der Waals surface area contributed by atoms with Crippen molar-refractivity contribution in [1.82, 2.24) is 15.1 Å². The minimum absolute atomic E-state index is 0.211. The van der Waals surface area contributed by atoms with Crippen molar-refractivity contribution >= 4 is 5.91 Å². The highest BCUT2D eigenvalue weighted by molar-refractivity contribution is 5.73. The maximum absolute atomic E-state index is 11.3. The average Bonchev–Trinajstić information content (AvgIpc) is 2.71. The standard InChI is InChI=1S/C11H21N3O/c1-10(15)14-7-4-12-11(9-14)8-13-5-2-3-6-13/h11-12H,2-9H2,1H3. The molecule has 0 saturated carbocycles. The second kappa shape index (κ2) is 4.94. The van der Waals surface area contributed by atoms with Gasteiger partial charge in [0.25, 0.3) is 0 Å². The van der Waals surface area contributed by atoms with Crippen molar-refractivity contribution in [2.75, 3.05) is 39.3 Å². The Kier molecular flexibility index (Phi) is 3.59. The lowest BCUT2D eigenvalue weighted by Crippen LogP contribution is -2.55. The third kappa shape index (κ3) is 2.92. The summed E-state index contributed by atoms with van der Waals surface area (Å²) in [5.41, 5.74) is 0. The summed E-state index contributed by atoms with van der Waals surface area (Å²) in [6.07, 6.45) is 2.67. The van der Waals surface area contributed by atoms with Crippen molar-refractivity contribution in [2.24, 2.45) is 0 Å². The number of rotatable bonds is 2. The van der Waals surface area contributed by atoms with E-state index in [9.17, 15) is 4.79 Å². The SMILES string of the molecule is CC(=O)N1CCNC(CN2CCCC2)C1. The van der Waals surface area contributed by atoms with Crippen LogP contribution in [0, 0.1) is 0 Å². The van der Waals surface area contributed by atoms with Gasteiger partial charge in [0.15, 0.2) is 0 Å². The molecule has 0 aromatic rings. The van der Waals surface area contributed by atoms with Crippen LogP contribution in [0.15, 0.2) is 0 Å². The van der Waals surface area contributed by atoms with Crippen molar-refractivity contribution in [3.05, 3.63) is 0 Å². The maximum Gasteiger partial charge on any atom is 0.219 e. The molecule has 0 spiro atoms. The number of amides is 1. The molecular formula is C11H21N3O. The molecule has 1 N–H and O–H groups in total. The summed E-state index contributed by atoms with van der Waals surface area (Å²) >= 11 is 0. The quantitative estimate of drug-likeness (QED) is 0.693. The lowest BCUT2D eigenvalue weighted by molar-refractivity contribution is -0.130. The minimum atomic E-state index is 0.211. The summed E-state index contributed by atoms with van der Waals surface area (Å²) < 4.78 is 0. The third-order valence-corrected chi connectivity index (χ3v) is 3.38. The van der Waals surface area contributed by atoms with Crippen LogP contribution in [0.3, 0.4) is 0 Å². The fourth-order valence-electron chi connectivity index (χ4n) is 2.51. The van der Waals surface area contributed by atoms with Gasteiger partial charge in [0.05, 0.1) is 0 Å². The predicted octanol–water partition coefficient (Wildman–Crippen LogP) is -0.0975. The van der Waals surface area contributed by atoms with Crippen LogP contribution < -0.4 is 5.32 Å². The van der Waals surface area contributed by atoms with Crippen LogP contribution in [0.4, 0.5) is 0 Å². The molecule has 0 aliphatic carbocycles. The molecule has 4 nitrogen and oxygen atoms in total. The van der Waals surface area contributed by atoms with Crippen LogP contribution in [0.1, 0.15) is 19.8 Å². The molecule has 2 fully saturated rings. The average molecular weight is 211 g/mol.